The van der Waals surface area contributed by atoms with Crippen LogP contribution in [0.5, 0.6) is 0 Å². The molecule has 0 N–H and O–H groups in total. The monoisotopic (exact) mass is 329 g/mol. The topological polar surface area (TPSA) is 64.7 Å². The third-order valence-electron chi connectivity index (χ3n) is 2.32. The number of halogens is 1. The molecule has 0 aromatic carbocycles. The Bertz CT molecular complexity index is 460. The summed E-state index contributed by atoms with van der Waals surface area (Å²) < 4.78 is 11.2. The quantitative estimate of drug-likeness (QED) is 0.268. The highest BCUT2D eigenvalue weighted by Crippen LogP contribution is 2.01. The second kappa shape index (κ2) is 8.36. The maximum atomic E-state index is 11.3. The Kier molecular flexibility index (Phi) is 7.59. The summed E-state index contributed by atoms with van der Waals surface area (Å²) in [5.74, 6) is 0.0577. The third-order valence-corrected chi connectivity index (χ3v) is 2.32. The van der Waals surface area contributed by atoms with Crippen LogP contribution >= 0.6 is 0 Å². The van der Waals surface area contributed by atoms with E-state index in [1.807, 2.05) is 0 Å². The van der Waals surface area contributed by atoms with Gasteiger partial charge in [0, 0.05) is 19.2 Å². The van der Waals surface area contributed by atoms with Gasteiger partial charge in [0.15, 0.2) is 6.20 Å². The fourth-order valence-corrected chi connectivity index (χ4v) is 1.33. The van der Waals surface area contributed by atoms with Crippen LogP contribution in [-0.4, -0.2) is 31.2 Å². The molecular weight excluding hydrogens is 314 g/mol. The standard InChI is InChI=1S/C12H16N3O3.BrH/c1-5-13-11(17-3)10-6-7-15(14-8-10)9(2)12(16)18-4;/h5-9H,1H2,2-4H3;1H/q+1;/p-1. The summed E-state index contributed by atoms with van der Waals surface area (Å²) in [7, 11) is 2.86. The van der Waals surface area contributed by atoms with E-state index < -0.39 is 6.04 Å². The highest BCUT2D eigenvalue weighted by atomic mass is 79.9. The van der Waals surface area contributed by atoms with Gasteiger partial charge in [-0.15, -0.1) is 0 Å². The number of ether oxygens (including phenoxy) is 2. The van der Waals surface area contributed by atoms with E-state index in [2.05, 4.69) is 21.4 Å². The summed E-state index contributed by atoms with van der Waals surface area (Å²) in [5, 5.41) is 4.12. The molecular formula is C12H16BrN3O3. The van der Waals surface area contributed by atoms with Crippen LogP contribution in [0.2, 0.25) is 0 Å². The average molecular weight is 330 g/mol. The van der Waals surface area contributed by atoms with Gasteiger partial charge in [-0.25, -0.2) is 9.79 Å². The highest BCUT2D eigenvalue weighted by Gasteiger charge is 2.24. The van der Waals surface area contributed by atoms with Gasteiger partial charge in [-0.05, 0) is 5.10 Å². The highest BCUT2D eigenvalue weighted by molar-refractivity contribution is 5.93. The van der Waals surface area contributed by atoms with E-state index in [0.29, 0.717) is 11.5 Å². The molecule has 7 heteroatoms. The molecule has 0 aliphatic heterocycles. The largest absolute Gasteiger partial charge is 1.00 e. The van der Waals surface area contributed by atoms with Gasteiger partial charge in [0.25, 0.3) is 6.04 Å². The first-order chi connectivity index (χ1) is 8.63. The average Bonchev–Trinajstić information content (AvgIpc) is 2.43. The molecule has 0 spiro atoms. The predicted octanol–water partition coefficient (Wildman–Crippen LogP) is -2.36. The lowest BCUT2D eigenvalue weighted by Gasteiger charge is -2.04. The van der Waals surface area contributed by atoms with Crippen molar-refractivity contribution in [2.24, 2.45) is 4.99 Å². The lowest BCUT2D eigenvalue weighted by Crippen LogP contribution is -3.00. The van der Waals surface area contributed by atoms with Crippen molar-refractivity contribution >= 4 is 11.9 Å². The molecule has 1 heterocycles. The van der Waals surface area contributed by atoms with Crippen LogP contribution < -0.4 is 21.7 Å². The van der Waals surface area contributed by atoms with Crippen molar-refractivity contribution in [1.29, 1.82) is 0 Å². The molecule has 0 aliphatic rings. The van der Waals surface area contributed by atoms with Crippen molar-refractivity contribution in [1.82, 2.24) is 5.10 Å². The maximum Gasteiger partial charge on any atom is 0.377 e. The molecule has 1 unspecified atom stereocenters. The van der Waals surface area contributed by atoms with Crippen molar-refractivity contribution in [3.63, 3.8) is 0 Å². The third kappa shape index (κ3) is 4.44. The van der Waals surface area contributed by atoms with E-state index in [0.717, 1.165) is 0 Å². The molecule has 6 nitrogen and oxygen atoms in total. The van der Waals surface area contributed by atoms with Crippen molar-refractivity contribution in [3.05, 3.63) is 36.8 Å². The molecule has 0 radical (unpaired) electrons. The molecule has 0 aliphatic carbocycles. The van der Waals surface area contributed by atoms with Gasteiger partial charge >= 0.3 is 5.97 Å². The van der Waals surface area contributed by atoms with Crippen molar-refractivity contribution < 1.29 is 35.9 Å². The van der Waals surface area contributed by atoms with E-state index in [1.165, 1.54) is 25.1 Å². The molecule has 0 saturated heterocycles. The van der Waals surface area contributed by atoms with Crippen LogP contribution in [0.15, 0.2) is 36.2 Å². The van der Waals surface area contributed by atoms with Gasteiger partial charge in [0.05, 0.1) is 19.8 Å². The Morgan fingerprint density at radius 1 is 1.53 bits per heavy atom. The molecule has 0 bridgehead atoms. The lowest BCUT2D eigenvalue weighted by atomic mass is 10.3. The van der Waals surface area contributed by atoms with Crippen molar-refractivity contribution in [2.45, 2.75) is 13.0 Å². The summed E-state index contributed by atoms with van der Waals surface area (Å²) in [6, 6.07) is 1.27. The number of aromatic nitrogens is 2. The van der Waals surface area contributed by atoms with Gasteiger partial charge < -0.3 is 26.5 Å². The number of esters is 1. The first-order valence-electron chi connectivity index (χ1n) is 5.32. The summed E-state index contributed by atoms with van der Waals surface area (Å²) in [6.07, 6.45) is 4.61. The molecule has 1 aromatic heterocycles. The maximum absolute atomic E-state index is 11.3. The Labute approximate surface area is 122 Å². The van der Waals surface area contributed by atoms with Gasteiger partial charge in [-0.2, -0.15) is 0 Å². The van der Waals surface area contributed by atoms with Crippen molar-refractivity contribution in [2.75, 3.05) is 14.2 Å². The molecule has 0 fully saturated rings. The molecule has 1 atom stereocenters. The summed E-state index contributed by atoms with van der Waals surface area (Å²) in [5.41, 5.74) is 0.700. The minimum absolute atomic E-state index is 0. The molecule has 19 heavy (non-hydrogen) atoms. The Morgan fingerprint density at radius 3 is 2.63 bits per heavy atom. The smallest absolute Gasteiger partial charge is 0.377 e. The van der Waals surface area contributed by atoms with E-state index in [-0.39, 0.29) is 23.0 Å². The molecule has 1 rings (SSSR count). The number of carbonyl (C=O) groups excluding carboxylic acids is 1. The van der Waals surface area contributed by atoms with Gasteiger partial charge in [-0.3, -0.25) is 0 Å². The fraction of sp³-hybridized carbons (Fsp3) is 0.333. The van der Waals surface area contributed by atoms with E-state index in [9.17, 15) is 4.79 Å². The second-order valence-electron chi connectivity index (χ2n) is 3.42. The van der Waals surface area contributed by atoms with Gasteiger partial charge in [-0.1, -0.05) is 11.3 Å². The van der Waals surface area contributed by atoms with E-state index in [4.69, 9.17) is 4.74 Å². The zero-order chi connectivity index (χ0) is 13.5. The summed E-state index contributed by atoms with van der Waals surface area (Å²) in [6.45, 7) is 5.20. The number of aliphatic imine (C=N–C) groups is 1. The summed E-state index contributed by atoms with van der Waals surface area (Å²) in [4.78, 5) is 15.3. The fourth-order valence-electron chi connectivity index (χ4n) is 1.33. The van der Waals surface area contributed by atoms with Gasteiger partial charge in [0.2, 0.25) is 5.90 Å². The number of rotatable bonds is 4. The number of hydrogen-bond acceptors (Lipinski definition) is 5. The first kappa shape index (κ1) is 17.2. The molecule has 0 amide bonds. The Hall–Kier alpha value is -1.76. The number of nitrogens with zero attached hydrogens (tertiary/aromatic N) is 3. The van der Waals surface area contributed by atoms with Crippen LogP contribution in [-0.2, 0) is 14.3 Å². The molecule has 1 aromatic rings. The lowest BCUT2D eigenvalue weighted by molar-refractivity contribution is -0.763. The van der Waals surface area contributed by atoms with E-state index in [1.54, 1.807) is 25.4 Å². The first-order valence-corrected chi connectivity index (χ1v) is 5.32. The second-order valence-corrected chi connectivity index (χ2v) is 3.42. The Balaban J connectivity index is 0.00000324. The van der Waals surface area contributed by atoms with Crippen LogP contribution in [0, 0.1) is 0 Å². The van der Waals surface area contributed by atoms with E-state index >= 15 is 0 Å². The van der Waals surface area contributed by atoms with Crippen molar-refractivity contribution in [3.8, 4) is 0 Å². The molecule has 0 saturated carbocycles. The van der Waals surface area contributed by atoms with Crippen LogP contribution in [0.4, 0.5) is 0 Å². The van der Waals surface area contributed by atoms with Crippen LogP contribution in [0.3, 0.4) is 0 Å². The predicted molar refractivity (Wildman–Crippen MR) is 64.9 cm³/mol. The normalized spacial score (nSPS) is 12.1. The number of hydrogen-bond donors (Lipinski definition) is 0. The minimum Gasteiger partial charge on any atom is -1.00 e. The van der Waals surface area contributed by atoms with Crippen LogP contribution in [0.25, 0.3) is 0 Å². The zero-order valence-corrected chi connectivity index (χ0v) is 12.6. The minimum atomic E-state index is -0.480. The number of methoxy groups -OCH3 is 2. The summed E-state index contributed by atoms with van der Waals surface area (Å²) >= 11 is 0. The van der Waals surface area contributed by atoms with Crippen LogP contribution in [0.1, 0.15) is 18.5 Å². The Morgan fingerprint density at radius 2 is 2.21 bits per heavy atom. The SMILES string of the molecule is C=CN=C(OC)c1cc[n+](C(C)C(=O)OC)nc1.[Br-]. The zero-order valence-electron chi connectivity index (χ0n) is 11.0. The number of carbonyl (C=O) groups is 1. The van der Waals surface area contributed by atoms with Gasteiger partial charge in [0.1, 0.15) is 6.20 Å². The molecule has 104 valence electrons.